The lowest BCUT2D eigenvalue weighted by Gasteiger charge is -2.09. The second-order valence-corrected chi connectivity index (χ2v) is 5.53. The summed E-state index contributed by atoms with van der Waals surface area (Å²) in [6.45, 7) is 2.44. The summed E-state index contributed by atoms with van der Waals surface area (Å²) >= 11 is 11.9. The Hall–Kier alpha value is -1.78. The first-order chi connectivity index (χ1) is 9.97. The zero-order valence-electron chi connectivity index (χ0n) is 11.4. The van der Waals surface area contributed by atoms with Crippen molar-refractivity contribution in [3.63, 3.8) is 0 Å². The van der Waals surface area contributed by atoms with Crippen LogP contribution in [0.1, 0.15) is 11.1 Å². The van der Waals surface area contributed by atoms with E-state index in [-0.39, 0.29) is 5.69 Å². The maximum atomic E-state index is 11.0. The molecule has 0 saturated heterocycles. The van der Waals surface area contributed by atoms with Crippen molar-refractivity contribution in [2.24, 2.45) is 0 Å². The number of nitro benzene ring substituents is 1. The third-order valence-corrected chi connectivity index (χ3v) is 3.66. The van der Waals surface area contributed by atoms with Crippen molar-refractivity contribution in [1.29, 1.82) is 0 Å². The number of nitrogens with one attached hydrogen (secondary N) is 1. The number of hydrogen-bond donors (Lipinski definition) is 1. The van der Waals surface area contributed by atoms with Gasteiger partial charge in [0.1, 0.15) is 5.69 Å². The van der Waals surface area contributed by atoms with Gasteiger partial charge in [-0.2, -0.15) is 0 Å². The maximum Gasteiger partial charge on any atom is 0.292 e. The zero-order valence-corrected chi connectivity index (χ0v) is 12.9. The van der Waals surface area contributed by atoms with E-state index in [1.807, 2.05) is 13.0 Å². The molecule has 0 radical (unpaired) electrons. The molecule has 4 nitrogen and oxygen atoms in total. The molecule has 0 aliphatic heterocycles. The molecule has 0 fully saturated rings. The van der Waals surface area contributed by atoms with E-state index in [1.54, 1.807) is 24.3 Å². The van der Waals surface area contributed by atoms with E-state index in [0.29, 0.717) is 28.7 Å². The highest BCUT2D eigenvalue weighted by molar-refractivity contribution is 6.35. The van der Waals surface area contributed by atoms with Gasteiger partial charge in [0.15, 0.2) is 0 Å². The quantitative estimate of drug-likeness (QED) is 0.630. The molecule has 0 unspecified atom stereocenters. The van der Waals surface area contributed by atoms with Crippen LogP contribution in [0.3, 0.4) is 0 Å². The third kappa shape index (κ3) is 4.09. The number of halogens is 2. The predicted molar refractivity (Wildman–Crippen MR) is 86.5 cm³/mol. The van der Waals surface area contributed by atoms with Gasteiger partial charge in [0.25, 0.3) is 5.69 Å². The van der Waals surface area contributed by atoms with Crippen LogP contribution in [0.4, 0.5) is 11.4 Å². The van der Waals surface area contributed by atoms with E-state index in [4.69, 9.17) is 23.2 Å². The molecule has 2 aromatic carbocycles. The van der Waals surface area contributed by atoms with Crippen molar-refractivity contribution in [2.45, 2.75) is 13.3 Å². The average molecular weight is 325 g/mol. The van der Waals surface area contributed by atoms with E-state index in [9.17, 15) is 10.1 Å². The van der Waals surface area contributed by atoms with Gasteiger partial charge in [-0.3, -0.25) is 10.1 Å². The second kappa shape index (κ2) is 6.78. The summed E-state index contributed by atoms with van der Waals surface area (Å²) in [5.74, 6) is 0. The van der Waals surface area contributed by atoms with E-state index in [2.05, 4.69) is 5.32 Å². The molecular formula is C15H14Cl2N2O2. The van der Waals surface area contributed by atoms with Gasteiger partial charge in [-0.1, -0.05) is 35.3 Å². The van der Waals surface area contributed by atoms with Gasteiger partial charge < -0.3 is 5.32 Å². The summed E-state index contributed by atoms with van der Waals surface area (Å²) in [6.07, 6.45) is 0.654. The fraction of sp³-hybridized carbons (Fsp3) is 0.200. The molecule has 0 aromatic heterocycles. The largest absolute Gasteiger partial charge is 0.379 e. The van der Waals surface area contributed by atoms with Crippen LogP contribution >= 0.6 is 23.2 Å². The number of benzene rings is 2. The van der Waals surface area contributed by atoms with Gasteiger partial charge in [-0.25, -0.2) is 0 Å². The van der Waals surface area contributed by atoms with Crippen LogP contribution in [0.2, 0.25) is 10.0 Å². The summed E-state index contributed by atoms with van der Waals surface area (Å²) in [5, 5.41) is 15.3. The Morgan fingerprint density at radius 1 is 1.19 bits per heavy atom. The number of hydrogen-bond acceptors (Lipinski definition) is 3. The Morgan fingerprint density at radius 3 is 2.62 bits per heavy atom. The Kier molecular flexibility index (Phi) is 5.04. The highest BCUT2D eigenvalue weighted by Crippen LogP contribution is 2.26. The first-order valence-corrected chi connectivity index (χ1v) is 7.16. The molecule has 0 aliphatic rings. The molecule has 110 valence electrons. The second-order valence-electron chi connectivity index (χ2n) is 4.69. The monoisotopic (exact) mass is 324 g/mol. The summed E-state index contributed by atoms with van der Waals surface area (Å²) in [7, 11) is 0. The Bertz CT molecular complexity index is 675. The van der Waals surface area contributed by atoms with Crippen LogP contribution < -0.4 is 5.32 Å². The molecule has 2 aromatic rings. The van der Waals surface area contributed by atoms with Gasteiger partial charge in [0.05, 0.1) is 4.92 Å². The molecule has 0 saturated carbocycles. The third-order valence-electron chi connectivity index (χ3n) is 3.07. The summed E-state index contributed by atoms with van der Waals surface area (Å²) in [4.78, 5) is 10.6. The number of nitrogens with zero attached hydrogens (tertiary/aromatic N) is 1. The zero-order chi connectivity index (χ0) is 15.4. The van der Waals surface area contributed by atoms with Crippen LogP contribution in [0.15, 0.2) is 36.4 Å². The van der Waals surface area contributed by atoms with E-state index in [0.717, 1.165) is 11.1 Å². The number of rotatable bonds is 5. The number of anilines is 1. The molecule has 2 rings (SSSR count). The topological polar surface area (TPSA) is 55.2 Å². The SMILES string of the molecule is Cc1ccc([N+](=O)[O-])c(NCCc2ccc(Cl)cc2Cl)c1. The lowest BCUT2D eigenvalue weighted by atomic mass is 10.1. The lowest BCUT2D eigenvalue weighted by Crippen LogP contribution is -2.07. The minimum Gasteiger partial charge on any atom is -0.379 e. The smallest absolute Gasteiger partial charge is 0.292 e. The minimum absolute atomic E-state index is 0.0720. The standard InChI is InChI=1S/C15H14Cl2N2O2/c1-10-2-5-15(19(20)21)14(8-10)18-7-6-11-3-4-12(16)9-13(11)17/h2-5,8-9,18H,6-7H2,1H3. The Balaban J connectivity index is 2.06. The van der Waals surface area contributed by atoms with Crippen molar-refractivity contribution in [3.05, 3.63) is 67.7 Å². The predicted octanol–water partition coefficient (Wildman–Crippen LogP) is 4.86. The first kappa shape index (κ1) is 15.6. The average Bonchev–Trinajstić information content (AvgIpc) is 2.41. The van der Waals surface area contributed by atoms with Crippen molar-refractivity contribution in [2.75, 3.05) is 11.9 Å². The number of nitro groups is 1. The summed E-state index contributed by atoms with van der Waals surface area (Å²) in [6, 6.07) is 10.3. The minimum atomic E-state index is -0.392. The van der Waals surface area contributed by atoms with Crippen LogP contribution in [-0.4, -0.2) is 11.5 Å². The van der Waals surface area contributed by atoms with Crippen LogP contribution in [-0.2, 0) is 6.42 Å². The molecule has 6 heteroatoms. The van der Waals surface area contributed by atoms with Gasteiger partial charge in [0, 0.05) is 22.7 Å². The molecule has 0 amide bonds. The molecule has 0 aliphatic carbocycles. The highest BCUT2D eigenvalue weighted by Gasteiger charge is 2.13. The molecule has 0 bridgehead atoms. The van der Waals surface area contributed by atoms with Crippen molar-refractivity contribution in [1.82, 2.24) is 0 Å². The van der Waals surface area contributed by atoms with Crippen LogP contribution in [0, 0.1) is 17.0 Å². The van der Waals surface area contributed by atoms with Crippen molar-refractivity contribution in [3.8, 4) is 0 Å². The van der Waals surface area contributed by atoms with E-state index in [1.165, 1.54) is 6.07 Å². The fourth-order valence-electron chi connectivity index (χ4n) is 2.01. The van der Waals surface area contributed by atoms with E-state index < -0.39 is 4.92 Å². The molecule has 0 heterocycles. The molecule has 0 spiro atoms. The molecule has 21 heavy (non-hydrogen) atoms. The fourth-order valence-corrected chi connectivity index (χ4v) is 2.51. The van der Waals surface area contributed by atoms with Crippen LogP contribution in [0.5, 0.6) is 0 Å². The van der Waals surface area contributed by atoms with Crippen molar-refractivity contribution < 1.29 is 4.92 Å². The van der Waals surface area contributed by atoms with Crippen molar-refractivity contribution >= 4 is 34.6 Å². The maximum absolute atomic E-state index is 11.0. The summed E-state index contributed by atoms with van der Waals surface area (Å²) < 4.78 is 0. The lowest BCUT2D eigenvalue weighted by molar-refractivity contribution is -0.384. The number of aryl methyl sites for hydroxylation is 1. The van der Waals surface area contributed by atoms with Gasteiger partial charge in [-0.15, -0.1) is 0 Å². The van der Waals surface area contributed by atoms with Crippen LogP contribution in [0.25, 0.3) is 0 Å². The van der Waals surface area contributed by atoms with Gasteiger partial charge >= 0.3 is 0 Å². The van der Waals surface area contributed by atoms with E-state index >= 15 is 0 Å². The highest BCUT2D eigenvalue weighted by atomic mass is 35.5. The molecular weight excluding hydrogens is 311 g/mol. The first-order valence-electron chi connectivity index (χ1n) is 6.40. The molecule has 1 N–H and O–H groups in total. The summed E-state index contributed by atoms with van der Waals surface area (Å²) in [5.41, 5.74) is 2.50. The van der Waals surface area contributed by atoms with Gasteiger partial charge in [-0.05, 0) is 42.7 Å². The Morgan fingerprint density at radius 2 is 1.95 bits per heavy atom. The Labute approximate surface area is 132 Å². The van der Waals surface area contributed by atoms with Gasteiger partial charge in [0.2, 0.25) is 0 Å². The molecule has 0 atom stereocenters. The normalized spacial score (nSPS) is 10.4.